The first kappa shape index (κ1) is 15.6. The third-order valence-corrected chi connectivity index (χ3v) is 3.62. The number of benzene rings is 1. The molecular formula is C16H21FO4. The minimum Gasteiger partial charge on any atom is -0.486 e. The van der Waals surface area contributed by atoms with E-state index in [1.807, 2.05) is 0 Å². The van der Waals surface area contributed by atoms with Crippen molar-refractivity contribution in [3.63, 3.8) is 0 Å². The number of hydrogen-bond acceptors (Lipinski definition) is 3. The fourth-order valence-electron chi connectivity index (χ4n) is 2.38. The van der Waals surface area contributed by atoms with Gasteiger partial charge in [0.2, 0.25) is 0 Å². The van der Waals surface area contributed by atoms with Gasteiger partial charge in [0.15, 0.2) is 11.5 Å². The summed E-state index contributed by atoms with van der Waals surface area (Å²) < 4.78 is 25.5. The standard InChI is InChI=1S/C16H21FO4/c1-15(2,14(18)19)9-10-7-12-13(21-6-5-20-12)8-11(10)16(3,4)17/h7-8H,5-6,9H2,1-4H3,(H,18,19). The van der Waals surface area contributed by atoms with Crippen molar-refractivity contribution in [3.8, 4) is 11.5 Å². The molecule has 0 saturated heterocycles. The van der Waals surface area contributed by atoms with Gasteiger partial charge in [0.25, 0.3) is 0 Å². The van der Waals surface area contributed by atoms with E-state index in [1.165, 1.54) is 13.8 Å². The van der Waals surface area contributed by atoms with Crippen molar-refractivity contribution in [1.82, 2.24) is 0 Å². The highest BCUT2D eigenvalue weighted by Crippen LogP contribution is 2.40. The highest BCUT2D eigenvalue weighted by atomic mass is 19.1. The normalized spacial score (nSPS) is 14.9. The average molecular weight is 296 g/mol. The monoisotopic (exact) mass is 296 g/mol. The van der Waals surface area contributed by atoms with Gasteiger partial charge < -0.3 is 14.6 Å². The molecule has 0 saturated carbocycles. The molecule has 1 heterocycles. The van der Waals surface area contributed by atoms with Crippen molar-refractivity contribution in [2.24, 2.45) is 5.41 Å². The zero-order chi connectivity index (χ0) is 15.8. The minimum absolute atomic E-state index is 0.224. The molecule has 4 nitrogen and oxygen atoms in total. The Hall–Kier alpha value is -1.78. The molecule has 1 N–H and O–H groups in total. The summed E-state index contributed by atoms with van der Waals surface area (Å²) in [5.41, 5.74) is -1.48. The van der Waals surface area contributed by atoms with Crippen LogP contribution in [0, 0.1) is 5.41 Å². The Kier molecular flexibility index (Phi) is 3.87. The number of ether oxygens (including phenoxy) is 2. The zero-order valence-corrected chi connectivity index (χ0v) is 12.8. The van der Waals surface area contributed by atoms with Gasteiger partial charge in [-0.2, -0.15) is 0 Å². The second-order valence-corrected chi connectivity index (χ2v) is 6.49. The summed E-state index contributed by atoms with van der Waals surface area (Å²) in [6, 6.07) is 3.33. The van der Waals surface area contributed by atoms with E-state index < -0.39 is 17.1 Å². The van der Waals surface area contributed by atoms with Gasteiger partial charge in [-0.3, -0.25) is 4.79 Å². The van der Waals surface area contributed by atoms with Gasteiger partial charge in [-0.15, -0.1) is 0 Å². The third kappa shape index (κ3) is 3.28. The van der Waals surface area contributed by atoms with Crippen LogP contribution in [0.1, 0.15) is 38.8 Å². The van der Waals surface area contributed by atoms with Crippen LogP contribution in [0.4, 0.5) is 4.39 Å². The number of carboxylic acid groups (broad SMARTS) is 1. The van der Waals surface area contributed by atoms with E-state index >= 15 is 0 Å². The lowest BCUT2D eigenvalue weighted by atomic mass is 9.81. The van der Waals surface area contributed by atoms with Crippen LogP contribution < -0.4 is 9.47 Å². The summed E-state index contributed by atoms with van der Waals surface area (Å²) in [5.74, 6) is 0.143. The highest BCUT2D eigenvalue weighted by molar-refractivity contribution is 5.74. The molecule has 2 rings (SSSR count). The molecule has 0 spiro atoms. The molecule has 1 aromatic carbocycles. The molecule has 5 heteroatoms. The van der Waals surface area contributed by atoms with E-state index in [0.717, 1.165) is 0 Å². The minimum atomic E-state index is -1.58. The molecule has 0 fully saturated rings. The van der Waals surface area contributed by atoms with E-state index in [4.69, 9.17) is 9.47 Å². The Bertz CT molecular complexity index is 558. The van der Waals surface area contributed by atoms with Crippen LogP contribution in [0.25, 0.3) is 0 Å². The molecule has 0 bridgehead atoms. The van der Waals surface area contributed by atoms with Crippen LogP contribution in [0.5, 0.6) is 11.5 Å². The fraction of sp³-hybridized carbons (Fsp3) is 0.562. The van der Waals surface area contributed by atoms with Crippen LogP contribution in [0.3, 0.4) is 0 Å². The molecule has 21 heavy (non-hydrogen) atoms. The number of halogens is 1. The molecule has 0 aromatic heterocycles. The number of carbonyl (C=O) groups is 1. The third-order valence-electron chi connectivity index (χ3n) is 3.62. The first-order chi connectivity index (χ1) is 9.61. The lowest BCUT2D eigenvalue weighted by Gasteiger charge is -2.28. The van der Waals surface area contributed by atoms with Gasteiger partial charge in [-0.25, -0.2) is 4.39 Å². The quantitative estimate of drug-likeness (QED) is 0.926. The Morgan fingerprint density at radius 2 is 1.71 bits per heavy atom. The van der Waals surface area contributed by atoms with Gasteiger partial charge in [0, 0.05) is 0 Å². The van der Waals surface area contributed by atoms with Gasteiger partial charge >= 0.3 is 5.97 Å². The molecule has 1 aliphatic heterocycles. The second-order valence-electron chi connectivity index (χ2n) is 6.49. The molecule has 116 valence electrons. The number of carboxylic acids is 1. The predicted molar refractivity (Wildman–Crippen MR) is 76.7 cm³/mol. The maximum absolute atomic E-state index is 14.5. The molecule has 1 aromatic rings. The number of hydrogen-bond donors (Lipinski definition) is 1. The van der Waals surface area contributed by atoms with Crippen LogP contribution in [0.2, 0.25) is 0 Å². The van der Waals surface area contributed by atoms with Crippen molar-refractivity contribution >= 4 is 5.97 Å². The number of alkyl halides is 1. The maximum atomic E-state index is 14.5. The summed E-state index contributed by atoms with van der Waals surface area (Å²) in [7, 11) is 0. The fourth-order valence-corrected chi connectivity index (χ4v) is 2.38. The molecule has 1 aliphatic rings. The van der Waals surface area contributed by atoms with Gasteiger partial charge in [-0.05, 0) is 57.4 Å². The number of rotatable bonds is 4. The summed E-state index contributed by atoms with van der Waals surface area (Å²) in [6.45, 7) is 7.03. The molecule has 0 radical (unpaired) electrons. The maximum Gasteiger partial charge on any atom is 0.309 e. The molecule has 0 aliphatic carbocycles. The van der Waals surface area contributed by atoms with Gasteiger partial charge in [0.1, 0.15) is 18.9 Å². The Morgan fingerprint density at radius 1 is 1.19 bits per heavy atom. The smallest absolute Gasteiger partial charge is 0.309 e. The van der Waals surface area contributed by atoms with E-state index in [0.29, 0.717) is 35.8 Å². The first-order valence-corrected chi connectivity index (χ1v) is 6.96. The lowest BCUT2D eigenvalue weighted by molar-refractivity contribution is -0.146. The first-order valence-electron chi connectivity index (χ1n) is 6.96. The lowest BCUT2D eigenvalue weighted by Crippen LogP contribution is -2.28. The molecular weight excluding hydrogens is 275 g/mol. The van der Waals surface area contributed by atoms with Gasteiger partial charge in [0.05, 0.1) is 5.41 Å². The largest absolute Gasteiger partial charge is 0.486 e. The topological polar surface area (TPSA) is 55.8 Å². The van der Waals surface area contributed by atoms with E-state index in [1.54, 1.807) is 26.0 Å². The summed E-state index contributed by atoms with van der Waals surface area (Å²) in [5, 5.41) is 9.29. The Balaban J connectivity index is 2.50. The van der Waals surface area contributed by atoms with Crippen molar-refractivity contribution in [2.75, 3.05) is 13.2 Å². The second kappa shape index (κ2) is 5.20. The van der Waals surface area contributed by atoms with Crippen molar-refractivity contribution in [1.29, 1.82) is 0 Å². The Labute approximate surface area is 123 Å². The van der Waals surface area contributed by atoms with Crippen molar-refractivity contribution in [2.45, 2.75) is 39.8 Å². The van der Waals surface area contributed by atoms with Crippen LogP contribution >= 0.6 is 0 Å². The van der Waals surface area contributed by atoms with Crippen LogP contribution in [0.15, 0.2) is 12.1 Å². The molecule has 0 unspecified atom stereocenters. The van der Waals surface area contributed by atoms with E-state index in [2.05, 4.69) is 0 Å². The SMILES string of the molecule is CC(C)(Cc1cc2c(cc1C(C)(C)F)OCCO2)C(=O)O. The summed E-state index contributed by atoms with van der Waals surface area (Å²) in [4.78, 5) is 11.3. The van der Waals surface area contributed by atoms with Gasteiger partial charge in [-0.1, -0.05) is 0 Å². The zero-order valence-electron chi connectivity index (χ0n) is 12.8. The van der Waals surface area contributed by atoms with E-state index in [-0.39, 0.29) is 6.42 Å². The average Bonchev–Trinajstić information content (AvgIpc) is 2.36. The molecule has 0 atom stereocenters. The Morgan fingerprint density at radius 3 is 2.19 bits per heavy atom. The number of aliphatic carboxylic acids is 1. The summed E-state index contributed by atoms with van der Waals surface area (Å²) in [6.07, 6.45) is 0.224. The highest BCUT2D eigenvalue weighted by Gasteiger charge is 2.33. The number of fused-ring (bicyclic) bond motifs is 1. The van der Waals surface area contributed by atoms with Crippen LogP contribution in [-0.2, 0) is 16.9 Å². The van der Waals surface area contributed by atoms with Crippen molar-refractivity contribution < 1.29 is 23.8 Å². The molecule has 0 amide bonds. The van der Waals surface area contributed by atoms with E-state index in [9.17, 15) is 14.3 Å². The summed E-state index contributed by atoms with van der Waals surface area (Å²) >= 11 is 0. The van der Waals surface area contributed by atoms with Crippen molar-refractivity contribution in [3.05, 3.63) is 23.3 Å². The predicted octanol–water partition coefficient (Wildman–Crippen LogP) is 3.32. The van der Waals surface area contributed by atoms with Crippen LogP contribution in [-0.4, -0.2) is 24.3 Å².